The number of hydrogen-bond acceptors (Lipinski definition) is 2. The fraction of sp³-hybridized carbons (Fsp3) is 0.308. The number of nitro groups is 1. The average molecular weight is 383 g/mol. The Labute approximate surface area is 171 Å². The molecular weight excluding hydrogens is 358 g/mol. The molecule has 3 heteroatoms. The van der Waals surface area contributed by atoms with E-state index in [2.05, 4.69) is 65.0 Å². The third-order valence-electron chi connectivity index (χ3n) is 7.14. The minimum absolute atomic E-state index is 0.0570. The predicted octanol–water partition coefficient (Wildman–Crippen LogP) is 6.77. The fourth-order valence-electron chi connectivity index (χ4n) is 5.33. The van der Waals surface area contributed by atoms with E-state index in [9.17, 15) is 10.1 Å². The molecule has 3 nitrogen and oxygen atoms in total. The number of non-ortho nitro benzene ring substituents is 1. The van der Waals surface area contributed by atoms with Crippen LogP contribution in [0, 0.1) is 10.1 Å². The van der Waals surface area contributed by atoms with Gasteiger partial charge in [0.25, 0.3) is 5.69 Å². The van der Waals surface area contributed by atoms with Crippen molar-refractivity contribution in [1.82, 2.24) is 0 Å². The first-order valence-corrected chi connectivity index (χ1v) is 10.3. The molecule has 2 aliphatic rings. The smallest absolute Gasteiger partial charge is 0.258 e. The van der Waals surface area contributed by atoms with Crippen molar-refractivity contribution in [3.63, 3.8) is 0 Å². The number of nitro benzene ring substituents is 1. The molecule has 0 saturated heterocycles. The van der Waals surface area contributed by atoms with Crippen molar-refractivity contribution in [2.24, 2.45) is 0 Å². The minimum atomic E-state index is -0.302. The molecule has 5 rings (SSSR count). The van der Waals surface area contributed by atoms with E-state index in [4.69, 9.17) is 0 Å². The molecule has 29 heavy (non-hydrogen) atoms. The molecule has 0 amide bonds. The number of nitrogens with zero attached hydrogens (tertiary/aromatic N) is 1. The Balaban J connectivity index is 1.77. The molecule has 0 bridgehead atoms. The molecule has 0 unspecified atom stereocenters. The van der Waals surface area contributed by atoms with Gasteiger partial charge >= 0.3 is 0 Å². The van der Waals surface area contributed by atoms with Crippen molar-refractivity contribution in [2.75, 3.05) is 0 Å². The molecule has 146 valence electrons. The molecule has 0 aromatic heterocycles. The summed E-state index contributed by atoms with van der Waals surface area (Å²) in [4.78, 5) is 11.0. The van der Waals surface area contributed by atoms with Crippen molar-refractivity contribution < 1.29 is 4.92 Å². The molecule has 3 aromatic rings. The Kier molecular flexibility index (Phi) is 3.48. The first kappa shape index (κ1) is 18.1. The fourth-order valence-corrected chi connectivity index (χ4v) is 5.33. The molecule has 0 atom stereocenters. The summed E-state index contributed by atoms with van der Waals surface area (Å²) >= 11 is 0. The maximum Gasteiger partial charge on any atom is 0.269 e. The molecule has 2 aliphatic carbocycles. The zero-order valence-electron chi connectivity index (χ0n) is 17.6. The molecule has 0 aliphatic heterocycles. The van der Waals surface area contributed by atoms with Crippen LogP contribution < -0.4 is 0 Å². The zero-order chi connectivity index (χ0) is 20.7. The minimum Gasteiger partial charge on any atom is -0.258 e. The van der Waals surface area contributed by atoms with Gasteiger partial charge in [0.1, 0.15) is 0 Å². The van der Waals surface area contributed by atoms with Crippen molar-refractivity contribution in [1.29, 1.82) is 0 Å². The Bertz CT molecular complexity index is 1220. The van der Waals surface area contributed by atoms with Crippen LogP contribution in [0.5, 0.6) is 0 Å². The highest BCUT2D eigenvalue weighted by Gasteiger charge is 2.42. The quantitative estimate of drug-likeness (QED) is 0.362. The van der Waals surface area contributed by atoms with Crippen LogP contribution in [0.1, 0.15) is 62.4 Å². The van der Waals surface area contributed by atoms with Crippen LogP contribution >= 0.6 is 0 Å². The summed E-state index contributed by atoms with van der Waals surface area (Å²) in [5, 5.41) is 11.3. The molecule has 0 N–H and O–H groups in total. The molecule has 0 fully saturated rings. The number of aryl methyl sites for hydroxylation is 1. The molecule has 0 radical (unpaired) electrons. The van der Waals surface area contributed by atoms with Gasteiger partial charge in [0.15, 0.2) is 0 Å². The Morgan fingerprint density at radius 3 is 1.72 bits per heavy atom. The van der Waals surface area contributed by atoms with Crippen molar-refractivity contribution in [2.45, 2.75) is 51.9 Å². The zero-order valence-corrected chi connectivity index (χ0v) is 17.6. The van der Waals surface area contributed by atoms with Gasteiger partial charge in [-0.25, -0.2) is 0 Å². The Hall–Kier alpha value is -2.94. The van der Waals surface area contributed by atoms with E-state index >= 15 is 0 Å². The van der Waals surface area contributed by atoms with E-state index in [1.807, 2.05) is 6.07 Å². The van der Waals surface area contributed by atoms with Crippen LogP contribution in [0.2, 0.25) is 0 Å². The van der Waals surface area contributed by atoms with Gasteiger partial charge in [-0.15, -0.1) is 0 Å². The standard InChI is InChI=1S/C26H25NO2/c1-6-15-7-9-17-19-13-24-20(14-23(19)25(2,3)21(17)11-15)18-10-8-16(27(28)29)12-22(18)26(24,4)5/h7-14H,6H2,1-5H3. The van der Waals surface area contributed by atoms with Gasteiger partial charge in [-0.05, 0) is 74.7 Å². The van der Waals surface area contributed by atoms with Gasteiger partial charge in [0, 0.05) is 23.0 Å². The average Bonchev–Trinajstić information content (AvgIpc) is 3.06. The highest BCUT2D eigenvalue weighted by atomic mass is 16.6. The number of hydrogen-bond donors (Lipinski definition) is 0. The summed E-state index contributed by atoms with van der Waals surface area (Å²) in [7, 11) is 0. The van der Waals surface area contributed by atoms with Crippen molar-refractivity contribution in [3.8, 4) is 22.3 Å². The van der Waals surface area contributed by atoms with Gasteiger partial charge < -0.3 is 0 Å². The number of rotatable bonds is 2. The van der Waals surface area contributed by atoms with E-state index in [1.165, 1.54) is 38.9 Å². The lowest BCUT2D eigenvalue weighted by Crippen LogP contribution is -2.17. The van der Waals surface area contributed by atoms with Gasteiger partial charge in [0.05, 0.1) is 4.92 Å². The van der Waals surface area contributed by atoms with Crippen LogP contribution in [0.15, 0.2) is 48.5 Å². The lowest BCUT2D eigenvalue weighted by molar-refractivity contribution is -0.384. The van der Waals surface area contributed by atoms with Crippen LogP contribution in [-0.4, -0.2) is 4.92 Å². The maximum atomic E-state index is 11.3. The summed E-state index contributed by atoms with van der Waals surface area (Å²) in [5.41, 5.74) is 11.2. The van der Waals surface area contributed by atoms with Crippen LogP contribution in [0.4, 0.5) is 5.69 Å². The Morgan fingerprint density at radius 2 is 1.21 bits per heavy atom. The van der Waals surface area contributed by atoms with Gasteiger partial charge in [-0.3, -0.25) is 10.1 Å². The van der Waals surface area contributed by atoms with Crippen LogP contribution in [0.25, 0.3) is 22.3 Å². The number of benzene rings is 3. The lowest BCUT2D eigenvalue weighted by Gasteiger charge is -2.24. The highest BCUT2D eigenvalue weighted by molar-refractivity contribution is 5.90. The van der Waals surface area contributed by atoms with Gasteiger partial charge in [-0.2, -0.15) is 0 Å². The largest absolute Gasteiger partial charge is 0.269 e. The van der Waals surface area contributed by atoms with Gasteiger partial charge in [-0.1, -0.05) is 52.8 Å². The van der Waals surface area contributed by atoms with Crippen molar-refractivity contribution >= 4 is 5.69 Å². The van der Waals surface area contributed by atoms with E-state index in [-0.39, 0.29) is 21.4 Å². The SMILES string of the molecule is CCc1ccc2c(c1)C(C)(C)c1cc3c(cc1-2)C(C)(C)c1cc([N+](=O)[O-])ccc1-3. The molecule has 0 spiro atoms. The lowest BCUT2D eigenvalue weighted by atomic mass is 9.79. The predicted molar refractivity (Wildman–Crippen MR) is 118 cm³/mol. The second-order valence-electron chi connectivity index (χ2n) is 9.41. The monoisotopic (exact) mass is 383 g/mol. The summed E-state index contributed by atoms with van der Waals surface area (Å²) < 4.78 is 0. The van der Waals surface area contributed by atoms with E-state index in [0.717, 1.165) is 17.5 Å². The molecule has 0 saturated carbocycles. The van der Waals surface area contributed by atoms with E-state index in [0.29, 0.717) is 0 Å². The number of fused-ring (bicyclic) bond motifs is 6. The maximum absolute atomic E-state index is 11.3. The summed E-state index contributed by atoms with van der Waals surface area (Å²) in [6.07, 6.45) is 1.04. The molecular formula is C26H25NO2. The first-order valence-electron chi connectivity index (χ1n) is 10.3. The van der Waals surface area contributed by atoms with Crippen LogP contribution in [-0.2, 0) is 17.3 Å². The normalized spacial score (nSPS) is 16.7. The van der Waals surface area contributed by atoms with Crippen LogP contribution in [0.3, 0.4) is 0 Å². The second-order valence-corrected chi connectivity index (χ2v) is 9.41. The third-order valence-corrected chi connectivity index (χ3v) is 7.14. The summed E-state index contributed by atoms with van der Waals surface area (Å²) in [5.74, 6) is 0. The first-order chi connectivity index (χ1) is 13.7. The summed E-state index contributed by atoms with van der Waals surface area (Å²) in [6, 6.07) is 16.9. The second kappa shape index (κ2) is 5.56. The van der Waals surface area contributed by atoms with E-state index < -0.39 is 0 Å². The molecule has 3 aromatic carbocycles. The third kappa shape index (κ3) is 2.24. The Morgan fingerprint density at radius 1 is 0.724 bits per heavy atom. The van der Waals surface area contributed by atoms with E-state index in [1.54, 1.807) is 12.1 Å². The highest BCUT2D eigenvalue weighted by Crippen LogP contribution is 2.56. The molecule has 0 heterocycles. The van der Waals surface area contributed by atoms with Crippen molar-refractivity contribution in [3.05, 3.63) is 86.5 Å². The summed E-state index contributed by atoms with van der Waals surface area (Å²) in [6.45, 7) is 11.2. The van der Waals surface area contributed by atoms with Gasteiger partial charge in [0.2, 0.25) is 0 Å². The topological polar surface area (TPSA) is 43.1 Å².